The number of allylic oxidation sites excluding steroid dienone is 2. The third-order valence-electron chi connectivity index (χ3n) is 5.82. The summed E-state index contributed by atoms with van der Waals surface area (Å²) in [4.78, 5) is 12.3. The normalized spacial score (nSPS) is 16.5. The fourth-order valence-electron chi connectivity index (χ4n) is 4.50. The van der Waals surface area contributed by atoms with Gasteiger partial charge in [-0.2, -0.15) is 13.2 Å². The van der Waals surface area contributed by atoms with Gasteiger partial charge in [-0.15, -0.1) is 10.9 Å². The predicted molar refractivity (Wildman–Crippen MR) is 116 cm³/mol. The molecule has 3 rings (SSSR count). The summed E-state index contributed by atoms with van der Waals surface area (Å²) < 4.78 is 44.5. The summed E-state index contributed by atoms with van der Waals surface area (Å²) in [6, 6.07) is 18.4. The molecule has 0 spiro atoms. The van der Waals surface area contributed by atoms with Crippen molar-refractivity contribution in [2.45, 2.75) is 39.8 Å². The Labute approximate surface area is 175 Å². The van der Waals surface area contributed by atoms with E-state index in [1.165, 1.54) is 6.92 Å². The van der Waals surface area contributed by atoms with E-state index < -0.39 is 24.1 Å². The fraction of sp³-hybridized carbons (Fsp3) is 0.304. The van der Waals surface area contributed by atoms with Gasteiger partial charge in [-0.3, -0.25) is 4.79 Å². The van der Waals surface area contributed by atoms with Gasteiger partial charge < -0.3 is 9.71 Å². The second-order valence-corrected chi connectivity index (χ2v) is 7.72. The largest absolute Gasteiger partial charge is 0.486 e. The number of halogens is 3. The summed E-state index contributed by atoms with van der Waals surface area (Å²) in [7, 11) is 0. The Bertz CT molecular complexity index is 943. The van der Waals surface area contributed by atoms with Gasteiger partial charge in [0.2, 0.25) is 0 Å². The van der Waals surface area contributed by atoms with E-state index in [0.29, 0.717) is 12.3 Å². The van der Waals surface area contributed by atoms with Crippen LogP contribution in [0.25, 0.3) is 0 Å². The van der Waals surface area contributed by atoms with Gasteiger partial charge in [-0.1, -0.05) is 74.0 Å². The van der Waals surface area contributed by atoms with Gasteiger partial charge in [0, 0.05) is 13.3 Å². The molecule has 0 aromatic heterocycles. The average Bonchev–Trinajstić information content (AvgIpc) is 2.72. The van der Waals surface area contributed by atoms with Gasteiger partial charge in [-0.25, -0.2) is 0 Å². The number of nitrogens with zero attached hydrogens (tertiary/aromatic N) is 1. The number of carbonyl (C=O) groups is 1. The Hall–Kier alpha value is -2.83. The molecular formula is C23H26BF3N2O. The minimum atomic E-state index is -4.68. The molecule has 1 N–H and O–H groups in total. The lowest BCUT2D eigenvalue weighted by molar-refractivity contribution is -0.400. The maximum absolute atomic E-state index is 14.2. The van der Waals surface area contributed by atoms with E-state index in [1.54, 1.807) is 6.92 Å². The van der Waals surface area contributed by atoms with Gasteiger partial charge in [0.05, 0.1) is 12.2 Å². The SMILES string of the molecule is CCCC[N+]1=C(C)C(C(C)=O)=C(C(F)(F)F)N[B-]1(c1ccccc1)c1ccccc1. The van der Waals surface area contributed by atoms with Crippen LogP contribution in [0.2, 0.25) is 0 Å². The van der Waals surface area contributed by atoms with Crippen LogP contribution in [0.1, 0.15) is 33.6 Å². The molecule has 3 nitrogen and oxygen atoms in total. The molecule has 0 amide bonds. The number of Topliss-reactive ketones (excluding diaryl/α,β-unsaturated/α-hetero) is 1. The number of hydrogen-bond donors (Lipinski definition) is 1. The Morgan fingerprint density at radius 2 is 1.50 bits per heavy atom. The van der Waals surface area contributed by atoms with E-state index in [0.717, 1.165) is 23.8 Å². The first-order valence-electron chi connectivity index (χ1n) is 10.2. The minimum absolute atomic E-state index is 0.289. The van der Waals surface area contributed by atoms with Gasteiger partial charge in [0.15, 0.2) is 5.78 Å². The van der Waals surface area contributed by atoms with E-state index in [2.05, 4.69) is 5.23 Å². The fourth-order valence-corrected chi connectivity index (χ4v) is 4.50. The van der Waals surface area contributed by atoms with Gasteiger partial charge in [-0.05, 0) is 6.92 Å². The Kier molecular flexibility index (Phi) is 6.20. The van der Waals surface area contributed by atoms with Crippen LogP contribution >= 0.6 is 0 Å². The van der Waals surface area contributed by atoms with Crippen molar-refractivity contribution < 1.29 is 22.5 Å². The van der Waals surface area contributed by atoms with Gasteiger partial charge >= 0.3 is 12.6 Å². The van der Waals surface area contributed by atoms with Crippen LogP contribution in [0.5, 0.6) is 0 Å². The Morgan fingerprint density at radius 1 is 1.00 bits per heavy atom. The molecular weight excluding hydrogens is 388 g/mol. The second kappa shape index (κ2) is 8.50. The molecule has 2 aromatic rings. The van der Waals surface area contributed by atoms with Crippen LogP contribution < -0.4 is 16.2 Å². The first-order chi connectivity index (χ1) is 14.2. The van der Waals surface area contributed by atoms with Crippen molar-refractivity contribution in [2.24, 2.45) is 0 Å². The van der Waals surface area contributed by atoms with E-state index in [9.17, 15) is 18.0 Å². The molecule has 0 fully saturated rings. The average molecular weight is 414 g/mol. The number of ketones is 1. The summed E-state index contributed by atoms with van der Waals surface area (Å²) >= 11 is 0. The van der Waals surface area contributed by atoms with E-state index in [4.69, 9.17) is 0 Å². The second-order valence-electron chi connectivity index (χ2n) is 7.72. The molecule has 0 radical (unpaired) electrons. The third-order valence-corrected chi connectivity index (χ3v) is 5.82. The number of rotatable bonds is 6. The number of hydrogen-bond acceptors (Lipinski definition) is 2. The molecule has 30 heavy (non-hydrogen) atoms. The van der Waals surface area contributed by atoms with Crippen molar-refractivity contribution in [2.75, 3.05) is 6.54 Å². The number of carbonyl (C=O) groups excluding carboxylic acids is 1. The summed E-state index contributed by atoms with van der Waals surface area (Å²) in [5.74, 6) is -0.598. The molecule has 0 atom stereocenters. The molecule has 1 aliphatic rings. The van der Waals surface area contributed by atoms with Crippen LogP contribution in [0.4, 0.5) is 13.2 Å². The lowest BCUT2D eigenvalue weighted by atomic mass is 9.35. The van der Waals surface area contributed by atoms with Crippen molar-refractivity contribution in [3.05, 3.63) is 71.9 Å². The summed E-state index contributed by atoms with van der Waals surface area (Å²) in [5.41, 5.74) is 0.581. The smallest absolute Gasteiger partial charge is 0.428 e. The topological polar surface area (TPSA) is 32.1 Å². The monoisotopic (exact) mass is 414 g/mol. The van der Waals surface area contributed by atoms with E-state index in [1.807, 2.05) is 72.1 Å². The lowest BCUT2D eigenvalue weighted by Gasteiger charge is -2.45. The summed E-state index contributed by atoms with van der Waals surface area (Å²) in [6.45, 7) is 5.38. The van der Waals surface area contributed by atoms with E-state index in [-0.39, 0.29) is 5.57 Å². The first-order valence-corrected chi connectivity index (χ1v) is 10.2. The zero-order chi connectivity index (χ0) is 21.9. The number of unbranched alkanes of at least 4 members (excludes halogenated alkanes) is 1. The number of alkyl halides is 3. The van der Waals surface area contributed by atoms with Crippen LogP contribution in [-0.2, 0) is 4.79 Å². The molecule has 1 aliphatic heterocycles. The molecule has 0 bridgehead atoms. The van der Waals surface area contributed by atoms with E-state index >= 15 is 0 Å². The standard InChI is InChI=1S/C23H26BF3N2O/c1-4-5-16-29-17(2)21(18(3)30)22(23(25,26)27)28-24(29,19-12-8-6-9-13-19)20-14-10-7-11-15-20/h6-15,28H,4-5,16H2,1-3H3. The number of nitrogens with one attached hydrogen (secondary N) is 1. The van der Waals surface area contributed by atoms with Crippen LogP contribution in [-0.4, -0.2) is 35.1 Å². The maximum atomic E-state index is 14.2. The maximum Gasteiger partial charge on any atom is 0.428 e. The van der Waals surface area contributed by atoms with Crippen LogP contribution in [0.15, 0.2) is 71.9 Å². The van der Waals surface area contributed by atoms with Crippen molar-refractivity contribution in [3.63, 3.8) is 0 Å². The summed E-state index contributed by atoms with van der Waals surface area (Å²) in [5, 5.41) is 2.86. The quantitative estimate of drug-likeness (QED) is 0.734. The first kappa shape index (κ1) is 21.9. The highest BCUT2D eigenvalue weighted by molar-refractivity contribution is 6.95. The molecule has 1 heterocycles. The van der Waals surface area contributed by atoms with Crippen molar-refractivity contribution in [3.8, 4) is 0 Å². The van der Waals surface area contributed by atoms with Crippen LogP contribution in [0, 0.1) is 0 Å². The highest BCUT2D eigenvalue weighted by Crippen LogP contribution is 2.31. The molecule has 0 saturated carbocycles. The Balaban J connectivity index is 2.43. The highest BCUT2D eigenvalue weighted by atomic mass is 19.4. The van der Waals surface area contributed by atoms with Gasteiger partial charge in [0.1, 0.15) is 11.3 Å². The lowest BCUT2D eigenvalue weighted by Crippen LogP contribution is -2.78. The predicted octanol–water partition coefficient (Wildman–Crippen LogP) is 3.53. The van der Waals surface area contributed by atoms with Gasteiger partial charge in [0.25, 0.3) is 0 Å². The zero-order valence-corrected chi connectivity index (χ0v) is 17.5. The molecule has 0 saturated heterocycles. The highest BCUT2D eigenvalue weighted by Gasteiger charge is 2.52. The Morgan fingerprint density at radius 3 is 1.90 bits per heavy atom. The zero-order valence-electron chi connectivity index (χ0n) is 17.5. The molecule has 7 heteroatoms. The van der Waals surface area contributed by atoms with Crippen molar-refractivity contribution >= 4 is 28.8 Å². The van der Waals surface area contributed by atoms with Crippen LogP contribution in [0.3, 0.4) is 0 Å². The molecule has 158 valence electrons. The number of benzene rings is 2. The molecule has 0 aliphatic carbocycles. The third kappa shape index (κ3) is 3.81. The minimum Gasteiger partial charge on any atom is -0.486 e. The summed E-state index contributed by atoms with van der Waals surface area (Å²) in [6.07, 6.45) is -5.22. The van der Waals surface area contributed by atoms with Crippen molar-refractivity contribution in [1.82, 2.24) is 5.23 Å². The molecule has 0 unspecified atom stereocenters. The van der Waals surface area contributed by atoms with Crippen molar-refractivity contribution in [1.29, 1.82) is 0 Å². The molecule has 2 aromatic carbocycles.